The van der Waals surface area contributed by atoms with Crippen LogP contribution in [0.15, 0.2) is 29.0 Å². The minimum Gasteiger partial charge on any atom is -0.348 e. The normalized spacial score (nSPS) is 15.6. The Morgan fingerprint density at radius 2 is 2.17 bits per heavy atom. The first-order valence-electron chi connectivity index (χ1n) is 8.05. The summed E-state index contributed by atoms with van der Waals surface area (Å²) in [6.45, 7) is 4.21. The molecule has 1 atom stereocenters. The van der Waals surface area contributed by atoms with Gasteiger partial charge in [-0.3, -0.25) is 4.98 Å². The summed E-state index contributed by atoms with van der Waals surface area (Å²) in [6, 6.07) is 3.65. The van der Waals surface area contributed by atoms with Gasteiger partial charge >= 0.3 is 0 Å². The molecule has 1 N–H and O–H groups in total. The standard InChI is InChI=1S/C16H18N6OS/c1-9(2)12(18-16-20-14(22-24-16)10-5-6-10)15-19-13(21-23-15)11-4-3-7-17-8-11/h3-4,7-10,12H,5-6H2,1-2H3,(H,18,20,22). The molecule has 0 aromatic carbocycles. The van der Waals surface area contributed by atoms with Crippen LogP contribution in [0.4, 0.5) is 5.13 Å². The Labute approximate surface area is 143 Å². The second-order valence-corrected chi connectivity index (χ2v) is 7.05. The maximum absolute atomic E-state index is 5.49. The maximum atomic E-state index is 5.49. The van der Waals surface area contributed by atoms with Gasteiger partial charge < -0.3 is 9.84 Å². The number of rotatable bonds is 6. The first-order chi connectivity index (χ1) is 11.7. The van der Waals surface area contributed by atoms with Crippen LogP contribution in [0.1, 0.15) is 50.4 Å². The molecule has 8 heteroatoms. The molecule has 3 heterocycles. The summed E-state index contributed by atoms with van der Waals surface area (Å²) in [5.74, 6) is 2.86. The van der Waals surface area contributed by atoms with Crippen LogP contribution in [-0.4, -0.2) is 24.5 Å². The Morgan fingerprint density at radius 1 is 1.29 bits per heavy atom. The van der Waals surface area contributed by atoms with Crippen molar-refractivity contribution in [3.05, 3.63) is 36.2 Å². The number of nitrogens with zero attached hydrogens (tertiary/aromatic N) is 5. The molecule has 0 aliphatic heterocycles. The van der Waals surface area contributed by atoms with E-state index in [9.17, 15) is 0 Å². The van der Waals surface area contributed by atoms with Crippen molar-refractivity contribution in [2.24, 2.45) is 5.92 Å². The monoisotopic (exact) mass is 342 g/mol. The van der Waals surface area contributed by atoms with Gasteiger partial charge in [-0.2, -0.15) is 9.36 Å². The van der Waals surface area contributed by atoms with Gasteiger partial charge in [0.2, 0.25) is 16.8 Å². The summed E-state index contributed by atoms with van der Waals surface area (Å²) in [5.41, 5.74) is 0.835. The van der Waals surface area contributed by atoms with Crippen LogP contribution < -0.4 is 5.32 Å². The van der Waals surface area contributed by atoms with Crippen molar-refractivity contribution < 1.29 is 4.52 Å². The fourth-order valence-corrected chi connectivity index (χ4v) is 3.11. The van der Waals surface area contributed by atoms with Gasteiger partial charge in [-0.15, -0.1) is 0 Å². The van der Waals surface area contributed by atoms with Crippen molar-refractivity contribution in [1.29, 1.82) is 0 Å². The van der Waals surface area contributed by atoms with E-state index in [0.717, 1.165) is 16.5 Å². The van der Waals surface area contributed by atoms with E-state index in [1.165, 1.54) is 24.4 Å². The lowest BCUT2D eigenvalue weighted by molar-refractivity contribution is 0.336. The summed E-state index contributed by atoms with van der Waals surface area (Å²) in [4.78, 5) is 13.2. The SMILES string of the molecule is CC(C)C(Nc1nc(C2CC2)ns1)c1nc(-c2cccnc2)no1. The molecule has 1 aliphatic carbocycles. The molecule has 1 unspecified atom stereocenters. The fourth-order valence-electron chi connectivity index (χ4n) is 2.42. The minimum absolute atomic E-state index is 0.108. The zero-order valence-corrected chi connectivity index (χ0v) is 14.3. The first kappa shape index (κ1) is 15.2. The number of nitrogens with one attached hydrogen (secondary N) is 1. The first-order valence-corrected chi connectivity index (χ1v) is 8.82. The van der Waals surface area contributed by atoms with Crippen LogP contribution in [0.2, 0.25) is 0 Å². The third-order valence-corrected chi connectivity index (χ3v) is 4.62. The van der Waals surface area contributed by atoms with E-state index in [1.807, 2.05) is 12.1 Å². The van der Waals surface area contributed by atoms with Gasteiger partial charge in [0, 0.05) is 35.4 Å². The molecule has 3 aromatic heterocycles. The molecule has 4 rings (SSSR count). The average Bonchev–Trinajstić information content (AvgIpc) is 3.15. The van der Waals surface area contributed by atoms with E-state index in [4.69, 9.17) is 4.52 Å². The van der Waals surface area contributed by atoms with Gasteiger partial charge in [0.05, 0.1) is 0 Å². The van der Waals surface area contributed by atoms with E-state index in [-0.39, 0.29) is 12.0 Å². The van der Waals surface area contributed by atoms with Crippen LogP contribution in [0.25, 0.3) is 11.4 Å². The van der Waals surface area contributed by atoms with Crippen LogP contribution in [-0.2, 0) is 0 Å². The minimum atomic E-state index is -0.108. The quantitative estimate of drug-likeness (QED) is 0.731. The Hall–Kier alpha value is -2.35. The van der Waals surface area contributed by atoms with Gasteiger partial charge in [-0.25, -0.2) is 4.98 Å². The smallest absolute Gasteiger partial charge is 0.249 e. The lowest BCUT2D eigenvalue weighted by Crippen LogP contribution is -2.17. The average molecular weight is 342 g/mol. The molecule has 0 bridgehead atoms. The molecular weight excluding hydrogens is 324 g/mol. The summed E-state index contributed by atoms with van der Waals surface area (Å²) < 4.78 is 9.92. The van der Waals surface area contributed by atoms with Crippen LogP contribution >= 0.6 is 11.5 Å². The molecule has 24 heavy (non-hydrogen) atoms. The van der Waals surface area contributed by atoms with Crippen molar-refractivity contribution in [1.82, 2.24) is 24.5 Å². The summed E-state index contributed by atoms with van der Waals surface area (Å²) in [6.07, 6.45) is 5.83. The largest absolute Gasteiger partial charge is 0.348 e. The maximum Gasteiger partial charge on any atom is 0.249 e. The second-order valence-electron chi connectivity index (χ2n) is 6.30. The van der Waals surface area contributed by atoms with Crippen molar-refractivity contribution in [3.8, 4) is 11.4 Å². The summed E-state index contributed by atoms with van der Waals surface area (Å²) in [5, 5.41) is 8.27. The van der Waals surface area contributed by atoms with E-state index in [0.29, 0.717) is 17.6 Å². The lowest BCUT2D eigenvalue weighted by atomic mass is 10.0. The van der Waals surface area contributed by atoms with Crippen LogP contribution in [0.5, 0.6) is 0 Å². The lowest BCUT2D eigenvalue weighted by Gasteiger charge is -2.17. The third-order valence-electron chi connectivity index (χ3n) is 3.96. The number of anilines is 1. The second kappa shape index (κ2) is 6.27. The molecule has 7 nitrogen and oxygen atoms in total. The Kier molecular flexibility index (Phi) is 3.97. The van der Waals surface area contributed by atoms with E-state index in [2.05, 4.69) is 43.6 Å². The fraction of sp³-hybridized carbons (Fsp3) is 0.438. The molecular formula is C16H18N6OS. The molecule has 3 aromatic rings. The highest BCUT2D eigenvalue weighted by Crippen LogP contribution is 2.39. The van der Waals surface area contributed by atoms with Crippen molar-refractivity contribution in [2.45, 2.75) is 38.6 Å². The predicted molar refractivity (Wildman–Crippen MR) is 90.6 cm³/mol. The molecule has 1 fully saturated rings. The van der Waals surface area contributed by atoms with Crippen molar-refractivity contribution in [3.63, 3.8) is 0 Å². The number of hydrogen-bond donors (Lipinski definition) is 1. The summed E-state index contributed by atoms with van der Waals surface area (Å²) >= 11 is 1.39. The highest BCUT2D eigenvalue weighted by Gasteiger charge is 2.29. The molecule has 0 amide bonds. The molecule has 0 radical (unpaired) electrons. The molecule has 124 valence electrons. The van der Waals surface area contributed by atoms with E-state index < -0.39 is 0 Å². The van der Waals surface area contributed by atoms with Crippen LogP contribution in [0, 0.1) is 5.92 Å². The highest BCUT2D eigenvalue weighted by molar-refractivity contribution is 7.09. The predicted octanol–water partition coefficient (Wildman–Crippen LogP) is 3.67. The zero-order valence-electron chi connectivity index (χ0n) is 13.5. The Bertz CT molecular complexity index is 811. The zero-order chi connectivity index (χ0) is 16.5. The van der Waals surface area contributed by atoms with Crippen molar-refractivity contribution >= 4 is 16.7 Å². The van der Waals surface area contributed by atoms with Gasteiger partial charge in [0.15, 0.2) is 0 Å². The van der Waals surface area contributed by atoms with E-state index in [1.54, 1.807) is 12.4 Å². The third kappa shape index (κ3) is 3.14. The van der Waals surface area contributed by atoms with Gasteiger partial charge in [0.25, 0.3) is 0 Å². The number of hydrogen-bond acceptors (Lipinski definition) is 8. The Morgan fingerprint density at radius 3 is 2.88 bits per heavy atom. The number of aromatic nitrogens is 5. The topological polar surface area (TPSA) is 89.6 Å². The molecule has 0 saturated heterocycles. The highest BCUT2D eigenvalue weighted by atomic mass is 32.1. The molecule has 1 saturated carbocycles. The van der Waals surface area contributed by atoms with Gasteiger partial charge in [-0.1, -0.05) is 19.0 Å². The van der Waals surface area contributed by atoms with Crippen LogP contribution in [0.3, 0.4) is 0 Å². The molecule has 1 aliphatic rings. The van der Waals surface area contributed by atoms with E-state index >= 15 is 0 Å². The molecule has 0 spiro atoms. The van der Waals surface area contributed by atoms with Gasteiger partial charge in [-0.05, 0) is 30.9 Å². The van der Waals surface area contributed by atoms with Gasteiger partial charge in [0.1, 0.15) is 11.9 Å². The summed E-state index contributed by atoms with van der Waals surface area (Å²) in [7, 11) is 0. The Balaban J connectivity index is 1.55. The van der Waals surface area contributed by atoms with Crippen molar-refractivity contribution in [2.75, 3.05) is 5.32 Å². The number of pyridine rings is 1.